The molecule has 3 nitrogen and oxygen atoms in total. The minimum absolute atomic E-state index is 0.187. The predicted molar refractivity (Wildman–Crippen MR) is 85.6 cm³/mol. The van der Waals surface area contributed by atoms with Crippen LogP contribution < -0.4 is 15.0 Å². The van der Waals surface area contributed by atoms with Crippen molar-refractivity contribution in [3.05, 3.63) is 24.0 Å². The summed E-state index contributed by atoms with van der Waals surface area (Å²) < 4.78 is 19.3. The maximum absolute atomic E-state index is 14.1. The largest absolute Gasteiger partial charge is 0.491 e. The van der Waals surface area contributed by atoms with E-state index in [2.05, 4.69) is 31.0 Å². The Kier molecular flexibility index (Phi) is 5.09. The van der Waals surface area contributed by atoms with Crippen LogP contribution in [0.2, 0.25) is 0 Å². The fourth-order valence-corrected chi connectivity index (χ4v) is 2.70. The van der Waals surface area contributed by atoms with Crippen molar-refractivity contribution in [3.8, 4) is 5.75 Å². The third-order valence-electron chi connectivity index (χ3n) is 4.02. The lowest BCUT2D eigenvalue weighted by Gasteiger charge is -2.34. The number of halogens is 1. The highest BCUT2D eigenvalue weighted by Crippen LogP contribution is 2.27. The van der Waals surface area contributed by atoms with E-state index in [0.717, 1.165) is 31.7 Å². The van der Waals surface area contributed by atoms with E-state index in [-0.39, 0.29) is 11.2 Å². The van der Waals surface area contributed by atoms with Gasteiger partial charge < -0.3 is 15.0 Å². The smallest absolute Gasteiger partial charge is 0.167 e. The number of hydrogen-bond donors (Lipinski definition) is 1. The molecule has 1 aromatic carbocycles. The number of benzene rings is 1. The Morgan fingerprint density at radius 3 is 2.76 bits per heavy atom. The summed E-state index contributed by atoms with van der Waals surface area (Å²) >= 11 is 0. The molecule has 0 radical (unpaired) electrons. The molecular weight excluding hydrogens is 267 g/mol. The summed E-state index contributed by atoms with van der Waals surface area (Å²) in [7, 11) is 0. The van der Waals surface area contributed by atoms with E-state index in [1.54, 1.807) is 12.1 Å². The number of hydrogen-bond acceptors (Lipinski definition) is 3. The van der Waals surface area contributed by atoms with Crippen molar-refractivity contribution >= 4 is 5.69 Å². The minimum Gasteiger partial charge on any atom is -0.491 e. The number of anilines is 1. The highest BCUT2D eigenvalue weighted by Gasteiger charge is 2.28. The Morgan fingerprint density at radius 2 is 2.14 bits per heavy atom. The first-order chi connectivity index (χ1) is 9.91. The number of rotatable bonds is 3. The molecule has 1 aliphatic heterocycles. The van der Waals surface area contributed by atoms with Crippen LogP contribution in [0.15, 0.2) is 18.2 Å². The Bertz CT molecular complexity index is 470. The van der Waals surface area contributed by atoms with Crippen LogP contribution in [-0.2, 0) is 0 Å². The zero-order valence-electron chi connectivity index (χ0n) is 13.6. The van der Waals surface area contributed by atoms with Crippen molar-refractivity contribution in [2.24, 2.45) is 5.41 Å². The average molecular weight is 294 g/mol. The SMILES string of the molecule is CCOc1ccc(N2CCCNC(C(C)(C)C)C2)cc1F. The van der Waals surface area contributed by atoms with Gasteiger partial charge in [-0.1, -0.05) is 20.8 Å². The zero-order chi connectivity index (χ0) is 15.5. The number of nitrogens with one attached hydrogen (secondary N) is 1. The van der Waals surface area contributed by atoms with Crippen LogP contribution in [0.1, 0.15) is 34.1 Å². The second kappa shape index (κ2) is 6.65. The molecule has 1 aliphatic rings. The Morgan fingerprint density at radius 1 is 1.38 bits per heavy atom. The predicted octanol–water partition coefficient (Wildman–Crippen LogP) is 3.44. The van der Waals surface area contributed by atoms with Crippen molar-refractivity contribution in [2.75, 3.05) is 31.1 Å². The quantitative estimate of drug-likeness (QED) is 0.924. The maximum atomic E-state index is 14.1. The van der Waals surface area contributed by atoms with E-state index >= 15 is 0 Å². The van der Waals surface area contributed by atoms with Crippen molar-refractivity contribution in [1.29, 1.82) is 0 Å². The molecule has 4 heteroatoms. The van der Waals surface area contributed by atoms with Gasteiger partial charge in [-0.25, -0.2) is 4.39 Å². The first-order valence-electron chi connectivity index (χ1n) is 7.82. The highest BCUT2D eigenvalue weighted by molar-refractivity contribution is 5.50. The van der Waals surface area contributed by atoms with Crippen LogP contribution in [0.3, 0.4) is 0 Å². The molecule has 1 heterocycles. The van der Waals surface area contributed by atoms with E-state index < -0.39 is 0 Å². The summed E-state index contributed by atoms with van der Waals surface area (Å²) in [4.78, 5) is 2.27. The molecule has 1 saturated heterocycles. The van der Waals surface area contributed by atoms with Crippen molar-refractivity contribution in [3.63, 3.8) is 0 Å². The lowest BCUT2D eigenvalue weighted by Crippen LogP contribution is -2.46. The molecule has 0 aliphatic carbocycles. The zero-order valence-corrected chi connectivity index (χ0v) is 13.6. The number of ether oxygens (including phenoxy) is 1. The lowest BCUT2D eigenvalue weighted by molar-refractivity contribution is 0.280. The van der Waals surface area contributed by atoms with Gasteiger partial charge in [-0.05, 0) is 37.4 Å². The van der Waals surface area contributed by atoms with Gasteiger partial charge in [0, 0.05) is 30.9 Å². The van der Waals surface area contributed by atoms with Gasteiger partial charge in [-0.15, -0.1) is 0 Å². The normalized spacial score (nSPS) is 20.2. The Labute approximate surface area is 127 Å². The molecule has 2 rings (SSSR count). The van der Waals surface area contributed by atoms with Crippen LogP contribution >= 0.6 is 0 Å². The fraction of sp³-hybridized carbons (Fsp3) is 0.647. The molecule has 21 heavy (non-hydrogen) atoms. The van der Waals surface area contributed by atoms with Gasteiger partial charge in [-0.3, -0.25) is 0 Å². The molecule has 1 aromatic rings. The summed E-state index contributed by atoms with van der Waals surface area (Å²) in [6.45, 7) is 11.9. The standard InChI is InChI=1S/C17H27FN2O/c1-5-21-15-8-7-13(11-14(15)18)20-10-6-9-19-16(12-20)17(2,3)4/h7-8,11,16,19H,5-6,9-10,12H2,1-4H3. The summed E-state index contributed by atoms with van der Waals surface area (Å²) in [5.74, 6) is 0.0560. The monoisotopic (exact) mass is 294 g/mol. The molecule has 1 fully saturated rings. The van der Waals surface area contributed by atoms with Crippen LogP contribution in [0, 0.1) is 11.2 Å². The van der Waals surface area contributed by atoms with E-state index in [0.29, 0.717) is 18.4 Å². The van der Waals surface area contributed by atoms with Gasteiger partial charge >= 0.3 is 0 Å². The summed E-state index contributed by atoms with van der Waals surface area (Å²) in [5, 5.41) is 3.61. The molecule has 1 N–H and O–H groups in total. The minimum atomic E-state index is -0.279. The van der Waals surface area contributed by atoms with Gasteiger partial charge in [-0.2, -0.15) is 0 Å². The van der Waals surface area contributed by atoms with Crippen LogP contribution in [0.5, 0.6) is 5.75 Å². The molecule has 0 aromatic heterocycles. The van der Waals surface area contributed by atoms with Gasteiger partial charge in [0.25, 0.3) is 0 Å². The second-order valence-electron chi connectivity index (χ2n) is 6.72. The average Bonchev–Trinajstić information content (AvgIpc) is 2.67. The molecule has 1 unspecified atom stereocenters. The van der Waals surface area contributed by atoms with Gasteiger partial charge in [0.2, 0.25) is 0 Å². The van der Waals surface area contributed by atoms with Crippen LogP contribution in [0.4, 0.5) is 10.1 Å². The molecule has 0 bridgehead atoms. The summed E-state index contributed by atoms with van der Waals surface area (Å²) in [6.07, 6.45) is 1.07. The van der Waals surface area contributed by atoms with E-state index in [4.69, 9.17) is 4.74 Å². The van der Waals surface area contributed by atoms with Gasteiger partial charge in [0.15, 0.2) is 11.6 Å². The van der Waals surface area contributed by atoms with Crippen LogP contribution in [-0.4, -0.2) is 32.3 Å². The first-order valence-corrected chi connectivity index (χ1v) is 7.82. The molecule has 118 valence electrons. The third-order valence-corrected chi connectivity index (χ3v) is 4.02. The Balaban J connectivity index is 2.17. The first kappa shape index (κ1) is 16.1. The molecule has 0 amide bonds. The fourth-order valence-electron chi connectivity index (χ4n) is 2.70. The van der Waals surface area contributed by atoms with Gasteiger partial charge in [0.1, 0.15) is 0 Å². The summed E-state index contributed by atoms with van der Waals surface area (Å²) in [5.41, 5.74) is 1.13. The Hall–Kier alpha value is -1.29. The van der Waals surface area contributed by atoms with Gasteiger partial charge in [0.05, 0.1) is 6.61 Å². The van der Waals surface area contributed by atoms with Crippen LogP contribution in [0.25, 0.3) is 0 Å². The van der Waals surface area contributed by atoms with Crippen molar-refractivity contribution < 1.29 is 9.13 Å². The second-order valence-corrected chi connectivity index (χ2v) is 6.72. The third kappa shape index (κ3) is 4.10. The van der Waals surface area contributed by atoms with E-state index in [1.807, 2.05) is 13.0 Å². The molecule has 0 spiro atoms. The highest BCUT2D eigenvalue weighted by atomic mass is 19.1. The summed E-state index contributed by atoms with van der Waals surface area (Å²) in [6, 6.07) is 5.68. The lowest BCUT2D eigenvalue weighted by atomic mass is 9.86. The molecule has 1 atom stereocenters. The molecular formula is C17H27FN2O. The topological polar surface area (TPSA) is 24.5 Å². The van der Waals surface area contributed by atoms with Crippen molar-refractivity contribution in [2.45, 2.75) is 40.2 Å². The van der Waals surface area contributed by atoms with E-state index in [9.17, 15) is 4.39 Å². The maximum Gasteiger partial charge on any atom is 0.167 e. The van der Waals surface area contributed by atoms with E-state index in [1.165, 1.54) is 0 Å². The van der Waals surface area contributed by atoms with Crippen molar-refractivity contribution in [1.82, 2.24) is 5.32 Å². The molecule has 0 saturated carbocycles. The number of nitrogens with zero attached hydrogens (tertiary/aromatic N) is 1.